The number of hydrogen-bond donors (Lipinski definition) is 4. The Morgan fingerprint density at radius 2 is 2.00 bits per heavy atom. The molecule has 180 valence electrons. The Labute approximate surface area is 197 Å². The van der Waals surface area contributed by atoms with Gasteiger partial charge >= 0.3 is 0 Å². The Morgan fingerprint density at radius 3 is 2.76 bits per heavy atom. The van der Waals surface area contributed by atoms with Crippen molar-refractivity contribution in [2.75, 3.05) is 31.0 Å². The molecule has 2 heterocycles. The van der Waals surface area contributed by atoms with Crippen molar-refractivity contribution in [3.63, 3.8) is 0 Å². The molecular weight excluding hydrogens is 439 g/mol. The molecule has 1 aliphatic rings. The first-order valence-electron chi connectivity index (χ1n) is 11.3. The number of aromatic nitrogens is 2. The molecule has 1 fully saturated rings. The van der Waals surface area contributed by atoms with E-state index in [1.54, 1.807) is 19.4 Å². The van der Waals surface area contributed by atoms with Crippen LogP contribution in [-0.4, -0.2) is 48.3 Å². The lowest BCUT2D eigenvalue weighted by molar-refractivity contribution is 0.100. The summed E-state index contributed by atoms with van der Waals surface area (Å²) in [6.45, 7) is 0.830. The van der Waals surface area contributed by atoms with Gasteiger partial charge in [0.1, 0.15) is 12.4 Å². The van der Waals surface area contributed by atoms with E-state index in [2.05, 4.69) is 20.6 Å². The van der Waals surface area contributed by atoms with Crippen molar-refractivity contribution in [2.45, 2.75) is 37.8 Å². The summed E-state index contributed by atoms with van der Waals surface area (Å²) in [6, 6.07) is 8.27. The number of methoxy groups -OCH3 is 1. The average molecular weight is 469 g/mol. The van der Waals surface area contributed by atoms with E-state index < -0.39 is 11.7 Å². The van der Waals surface area contributed by atoms with Crippen LogP contribution >= 0.6 is 0 Å². The highest BCUT2D eigenvalue weighted by atomic mass is 19.1. The van der Waals surface area contributed by atoms with Crippen molar-refractivity contribution < 1.29 is 18.7 Å². The summed E-state index contributed by atoms with van der Waals surface area (Å²) in [7, 11) is 1.60. The van der Waals surface area contributed by atoms with E-state index in [0.717, 1.165) is 42.5 Å². The third kappa shape index (κ3) is 5.35. The van der Waals surface area contributed by atoms with Gasteiger partial charge in [-0.05, 0) is 48.6 Å². The molecule has 3 aromatic rings. The SMILES string of the molecule is COCCOc1nccc2cc(Nc3nc(NC4CCCCC4N)c(F)cc3C(N)=O)ccc12. The fourth-order valence-electron chi connectivity index (χ4n) is 4.09. The number of anilines is 3. The minimum absolute atomic E-state index is 0.0358. The fraction of sp³-hybridized carbons (Fsp3) is 0.375. The number of nitrogens with one attached hydrogen (secondary N) is 2. The first kappa shape index (κ1) is 23.7. The van der Waals surface area contributed by atoms with Crippen molar-refractivity contribution in [2.24, 2.45) is 11.5 Å². The number of nitrogens with two attached hydrogens (primary N) is 2. The molecule has 1 amide bonds. The van der Waals surface area contributed by atoms with Gasteiger partial charge in [-0.25, -0.2) is 14.4 Å². The smallest absolute Gasteiger partial charge is 0.252 e. The zero-order valence-electron chi connectivity index (χ0n) is 19.0. The van der Waals surface area contributed by atoms with E-state index in [1.807, 2.05) is 18.2 Å². The number of carbonyl (C=O) groups excluding carboxylic acids is 1. The molecule has 1 aliphatic carbocycles. The number of pyridine rings is 2. The van der Waals surface area contributed by atoms with Gasteiger partial charge in [0.05, 0.1) is 12.2 Å². The summed E-state index contributed by atoms with van der Waals surface area (Å²) in [5.74, 6) is -0.748. The molecule has 2 atom stereocenters. The van der Waals surface area contributed by atoms with E-state index in [0.29, 0.717) is 24.8 Å². The lowest BCUT2D eigenvalue weighted by Crippen LogP contribution is -2.43. The molecular formula is C24H29FN6O3. The van der Waals surface area contributed by atoms with Gasteiger partial charge in [0.15, 0.2) is 11.6 Å². The van der Waals surface area contributed by atoms with Gasteiger partial charge in [0.2, 0.25) is 5.88 Å². The summed E-state index contributed by atoms with van der Waals surface area (Å²) in [6.07, 6.45) is 5.41. The van der Waals surface area contributed by atoms with Crippen LogP contribution in [0.25, 0.3) is 10.8 Å². The normalized spacial score (nSPS) is 18.0. The number of ether oxygens (including phenoxy) is 2. The van der Waals surface area contributed by atoms with Crippen molar-refractivity contribution in [1.29, 1.82) is 0 Å². The predicted molar refractivity (Wildman–Crippen MR) is 129 cm³/mol. The van der Waals surface area contributed by atoms with Crippen LogP contribution < -0.4 is 26.8 Å². The number of amides is 1. The average Bonchev–Trinajstić information content (AvgIpc) is 2.82. The molecule has 0 radical (unpaired) electrons. The molecule has 9 nitrogen and oxygen atoms in total. The molecule has 0 saturated heterocycles. The van der Waals surface area contributed by atoms with Gasteiger partial charge in [0, 0.05) is 36.5 Å². The van der Waals surface area contributed by atoms with E-state index >= 15 is 0 Å². The molecule has 4 rings (SSSR count). The summed E-state index contributed by atoms with van der Waals surface area (Å²) < 4.78 is 25.5. The number of hydrogen-bond acceptors (Lipinski definition) is 8. The zero-order chi connectivity index (χ0) is 24.1. The topological polar surface area (TPSA) is 137 Å². The Kier molecular flexibility index (Phi) is 7.39. The Morgan fingerprint density at radius 1 is 1.18 bits per heavy atom. The monoisotopic (exact) mass is 468 g/mol. The highest BCUT2D eigenvalue weighted by Gasteiger charge is 2.24. The maximum atomic E-state index is 14.8. The van der Waals surface area contributed by atoms with Crippen LogP contribution in [0.15, 0.2) is 36.5 Å². The Bertz CT molecular complexity index is 1170. The second-order valence-electron chi connectivity index (χ2n) is 8.30. The molecule has 2 unspecified atom stereocenters. The van der Waals surface area contributed by atoms with Gasteiger partial charge in [0.25, 0.3) is 5.91 Å². The number of nitrogens with zero attached hydrogens (tertiary/aromatic N) is 2. The molecule has 10 heteroatoms. The molecule has 1 aromatic carbocycles. The van der Waals surface area contributed by atoms with Crippen LogP contribution in [0.3, 0.4) is 0 Å². The van der Waals surface area contributed by atoms with E-state index in [1.165, 1.54) is 0 Å². The van der Waals surface area contributed by atoms with Crippen molar-refractivity contribution >= 4 is 34.0 Å². The van der Waals surface area contributed by atoms with Crippen LogP contribution in [0.2, 0.25) is 0 Å². The number of carbonyl (C=O) groups is 1. The maximum absolute atomic E-state index is 14.8. The molecule has 0 aliphatic heterocycles. The van der Waals surface area contributed by atoms with E-state index in [-0.39, 0.29) is 29.3 Å². The highest BCUT2D eigenvalue weighted by molar-refractivity contribution is 5.99. The lowest BCUT2D eigenvalue weighted by Gasteiger charge is -2.30. The fourth-order valence-corrected chi connectivity index (χ4v) is 4.09. The van der Waals surface area contributed by atoms with Gasteiger partial charge < -0.3 is 31.6 Å². The molecule has 2 aromatic heterocycles. The van der Waals surface area contributed by atoms with Crippen LogP contribution in [-0.2, 0) is 4.74 Å². The van der Waals surface area contributed by atoms with Crippen molar-refractivity contribution in [3.05, 3.63) is 47.9 Å². The number of fused-ring (bicyclic) bond motifs is 1. The van der Waals surface area contributed by atoms with Crippen LogP contribution in [0.5, 0.6) is 5.88 Å². The molecule has 1 saturated carbocycles. The highest BCUT2D eigenvalue weighted by Crippen LogP contribution is 2.30. The van der Waals surface area contributed by atoms with Crippen molar-refractivity contribution in [1.82, 2.24) is 9.97 Å². The zero-order valence-corrected chi connectivity index (χ0v) is 19.0. The second-order valence-corrected chi connectivity index (χ2v) is 8.30. The van der Waals surface area contributed by atoms with Gasteiger partial charge in [-0.15, -0.1) is 0 Å². The van der Waals surface area contributed by atoms with E-state index in [4.69, 9.17) is 20.9 Å². The minimum atomic E-state index is -0.784. The van der Waals surface area contributed by atoms with Crippen molar-refractivity contribution in [3.8, 4) is 5.88 Å². The largest absolute Gasteiger partial charge is 0.475 e. The van der Waals surface area contributed by atoms with Gasteiger partial charge in [-0.3, -0.25) is 4.79 Å². The third-order valence-electron chi connectivity index (χ3n) is 5.90. The Hall–Kier alpha value is -3.50. The van der Waals surface area contributed by atoms with Crippen LogP contribution in [0, 0.1) is 5.82 Å². The number of benzene rings is 1. The van der Waals surface area contributed by atoms with Gasteiger partial charge in [-0.2, -0.15) is 0 Å². The summed E-state index contributed by atoms with van der Waals surface area (Å²) in [5, 5.41) is 7.90. The first-order valence-corrected chi connectivity index (χ1v) is 11.3. The summed E-state index contributed by atoms with van der Waals surface area (Å²) in [5.41, 5.74) is 12.3. The molecule has 34 heavy (non-hydrogen) atoms. The Balaban J connectivity index is 1.62. The predicted octanol–water partition coefficient (Wildman–Crippen LogP) is 3.32. The standard InChI is InChI=1S/C24H29FN6O3/c1-33-10-11-34-24-16-7-6-15(12-14(16)8-9-28-24)29-22-17(21(27)32)13-18(25)23(31-22)30-20-5-3-2-4-19(20)26/h6-9,12-13,19-20H,2-5,10-11,26H2,1H3,(H2,27,32)(H2,29,30,31). The molecule has 6 N–H and O–H groups in total. The second kappa shape index (κ2) is 10.6. The maximum Gasteiger partial charge on any atom is 0.252 e. The number of primary amides is 1. The number of halogens is 1. The molecule has 0 spiro atoms. The van der Waals surface area contributed by atoms with E-state index in [9.17, 15) is 9.18 Å². The number of rotatable bonds is 9. The first-order chi connectivity index (χ1) is 16.5. The van der Waals surface area contributed by atoms with Crippen LogP contribution in [0.1, 0.15) is 36.0 Å². The van der Waals surface area contributed by atoms with Gasteiger partial charge in [-0.1, -0.05) is 12.8 Å². The quantitative estimate of drug-likeness (QED) is 0.351. The minimum Gasteiger partial charge on any atom is -0.475 e. The van der Waals surface area contributed by atoms with Crippen LogP contribution in [0.4, 0.5) is 21.7 Å². The summed E-state index contributed by atoms with van der Waals surface area (Å²) >= 11 is 0. The molecule has 0 bridgehead atoms. The summed E-state index contributed by atoms with van der Waals surface area (Å²) in [4.78, 5) is 20.6. The third-order valence-corrected chi connectivity index (χ3v) is 5.90. The lowest BCUT2D eigenvalue weighted by atomic mass is 9.91.